The van der Waals surface area contributed by atoms with Gasteiger partial charge in [-0.25, -0.2) is 10.6 Å². The zero-order valence-electron chi connectivity index (χ0n) is 13.3. The number of nitrogens with two attached hydrogens (primary N) is 1. The zero-order valence-corrected chi connectivity index (χ0v) is 14.9. The quantitative estimate of drug-likeness (QED) is 0.615. The Morgan fingerprint density at radius 2 is 2.05 bits per heavy atom. The number of carbonyl (C=O) groups excluding carboxylic acids is 1. The molecule has 7 heteroatoms. The monoisotopic (exact) mass is 371 g/mol. The van der Waals surface area contributed by atoms with E-state index in [4.69, 9.17) is 10.6 Å². The minimum Gasteiger partial charge on any atom is -0.444 e. The van der Waals surface area contributed by atoms with Crippen LogP contribution >= 0.6 is 15.9 Å². The number of ether oxygens (including phenoxy) is 1. The Kier molecular flexibility index (Phi) is 5.16. The predicted molar refractivity (Wildman–Crippen MR) is 89.1 cm³/mol. The van der Waals surface area contributed by atoms with E-state index in [9.17, 15) is 4.79 Å². The molecule has 1 aliphatic heterocycles. The number of hydrogen-bond donors (Lipinski definition) is 2. The van der Waals surface area contributed by atoms with Gasteiger partial charge >= 0.3 is 6.09 Å². The van der Waals surface area contributed by atoms with Crippen LogP contribution in [-0.2, 0) is 4.74 Å². The van der Waals surface area contributed by atoms with E-state index in [1.807, 2.05) is 33.0 Å². The molecule has 0 bridgehead atoms. The van der Waals surface area contributed by atoms with Gasteiger partial charge in [-0.2, -0.15) is 0 Å². The van der Waals surface area contributed by atoms with Crippen LogP contribution in [0.5, 0.6) is 0 Å². The lowest BCUT2D eigenvalue weighted by Crippen LogP contribution is -2.48. The first kappa shape index (κ1) is 16.9. The van der Waals surface area contributed by atoms with Gasteiger partial charge in [0.1, 0.15) is 11.3 Å². The predicted octanol–water partition coefficient (Wildman–Crippen LogP) is 1.94. The highest BCUT2D eigenvalue weighted by atomic mass is 79.9. The maximum atomic E-state index is 11.8. The Hall–Kier alpha value is -1.50. The second-order valence-corrected chi connectivity index (χ2v) is 7.48. The summed E-state index contributed by atoms with van der Waals surface area (Å²) in [5, 5.41) is 2.94. The number of pyridine rings is 1. The van der Waals surface area contributed by atoms with Gasteiger partial charge in [0, 0.05) is 19.1 Å². The minimum absolute atomic E-state index is 0.156. The second kappa shape index (κ2) is 6.73. The topological polar surface area (TPSA) is 71.5 Å². The highest BCUT2D eigenvalue weighted by molar-refractivity contribution is 9.10. The van der Waals surface area contributed by atoms with Crippen LogP contribution in [0.4, 0.5) is 10.5 Å². The third-order valence-corrected chi connectivity index (χ3v) is 3.85. The number of nitrogens with one attached hydrogen (secondary N) is 1. The van der Waals surface area contributed by atoms with Crippen LogP contribution < -0.4 is 20.7 Å². The molecule has 0 atom stereocenters. The van der Waals surface area contributed by atoms with Crippen molar-refractivity contribution in [1.29, 1.82) is 0 Å². The summed E-state index contributed by atoms with van der Waals surface area (Å²) in [4.78, 5) is 14.1. The molecule has 2 rings (SSSR count). The highest BCUT2D eigenvalue weighted by Gasteiger charge is 2.24. The van der Waals surface area contributed by atoms with E-state index in [2.05, 4.69) is 26.1 Å². The molecule has 1 saturated heterocycles. The first-order valence-corrected chi connectivity index (χ1v) is 8.23. The summed E-state index contributed by atoms with van der Waals surface area (Å²) < 4.78 is 7.79. The molecule has 1 amide bonds. The van der Waals surface area contributed by atoms with Crippen LogP contribution in [0.2, 0.25) is 0 Å². The molecule has 0 unspecified atom stereocenters. The number of carbonyl (C=O) groups is 1. The van der Waals surface area contributed by atoms with Crippen molar-refractivity contribution in [3.05, 3.63) is 22.9 Å². The van der Waals surface area contributed by atoms with Gasteiger partial charge in [-0.1, -0.05) is 4.68 Å². The smallest absolute Gasteiger partial charge is 0.407 e. The molecule has 0 saturated carbocycles. The summed E-state index contributed by atoms with van der Waals surface area (Å²) in [7, 11) is 0. The number of nitrogens with zero attached hydrogens (tertiary/aromatic N) is 2. The molecule has 3 N–H and O–H groups in total. The van der Waals surface area contributed by atoms with E-state index in [1.54, 1.807) is 10.9 Å². The number of nitrogen functional groups attached to an aromatic ring is 1. The van der Waals surface area contributed by atoms with Gasteiger partial charge in [-0.3, -0.25) is 0 Å². The molecule has 22 heavy (non-hydrogen) atoms. The number of halogens is 1. The fraction of sp³-hybridized carbons (Fsp3) is 0.600. The third-order valence-electron chi connectivity index (χ3n) is 3.42. The molecule has 122 valence electrons. The van der Waals surface area contributed by atoms with Gasteiger partial charge in [0.25, 0.3) is 0 Å². The Balaban J connectivity index is 1.86. The first-order chi connectivity index (χ1) is 10.2. The number of anilines is 1. The number of amides is 1. The number of alkyl carbamates (subject to hydrolysis) is 1. The van der Waals surface area contributed by atoms with Crippen molar-refractivity contribution in [2.75, 3.05) is 23.8 Å². The molecule has 0 spiro atoms. The molecule has 1 fully saturated rings. The standard InChI is InChI=1S/C15H23BrN4O2/c1-15(2,3)22-14(21)18-12-4-6-19(7-5-12)13-8-11(16)9-20(17)10-13/h8-10,12H,4-7,17H2,1-3H3/p+1. The van der Waals surface area contributed by atoms with E-state index in [0.29, 0.717) is 0 Å². The summed E-state index contributed by atoms with van der Waals surface area (Å²) in [6, 6.07) is 2.20. The fourth-order valence-corrected chi connectivity index (χ4v) is 2.95. The maximum absolute atomic E-state index is 11.8. The normalized spacial score (nSPS) is 16.5. The summed E-state index contributed by atoms with van der Waals surface area (Å²) in [6.45, 7) is 7.34. The van der Waals surface area contributed by atoms with Gasteiger partial charge in [0.2, 0.25) is 12.4 Å². The lowest BCUT2D eigenvalue weighted by molar-refractivity contribution is -0.638. The maximum Gasteiger partial charge on any atom is 0.407 e. The van der Waals surface area contributed by atoms with Crippen molar-refractivity contribution in [2.45, 2.75) is 45.3 Å². The molecule has 2 heterocycles. The number of hydrogen-bond acceptors (Lipinski definition) is 4. The Morgan fingerprint density at radius 1 is 1.41 bits per heavy atom. The second-order valence-electron chi connectivity index (χ2n) is 6.57. The van der Waals surface area contributed by atoms with Gasteiger partial charge in [0.05, 0.1) is 4.47 Å². The number of aromatic nitrogens is 1. The number of rotatable bonds is 2. The summed E-state index contributed by atoms with van der Waals surface area (Å²) in [5.74, 6) is 5.80. The van der Waals surface area contributed by atoms with E-state index in [1.165, 1.54) is 0 Å². The summed E-state index contributed by atoms with van der Waals surface area (Å²) in [6.07, 6.45) is 5.13. The van der Waals surface area contributed by atoms with Crippen molar-refractivity contribution in [2.24, 2.45) is 0 Å². The average Bonchev–Trinajstić information content (AvgIpc) is 2.36. The van der Waals surface area contributed by atoms with E-state index < -0.39 is 5.60 Å². The number of piperidine rings is 1. The van der Waals surface area contributed by atoms with Crippen molar-refractivity contribution < 1.29 is 14.2 Å². The van der Waals surface area contributed by atoms with Crippen molar-refractivity contribution in [1.82, 2.24) is 5.32 Å². The molecule has 1 aliphatic rings. The largest absolute Gasteiger partial charge is 0.444 e. The third kappa shape index (κ3) is 5.05. The Bertz CT molecular complexity index is 517. The molecule has 1 aromatic heterocycles. The zero-order chi connectivity index (χ0) is 16.3. The van der Waals surface area contributed by atoms with Crippen LogP contribution in [0.1, 0.15) is 33.6 Å². The van der Waals surface area contributed by atoms with E-state index >= 15 is 0 Å². The highest BCUT2D eigenvalue weighted by Crippen LogP contribution is 2.21. The fourth-order valence-electron chi connectivity index (χ4n) is 2.48. The summed E-state index contributed by atoms with van der Waals surface area (Å²) >= 11 is 3.45. The lowest BCUT2D eigenvalue weighted by atomic mass is 10.0. The van der Waals surface area contributed by atoms with Crippen LogP contribution in [0.25, 0.3) is 0 Å². The van der Waals surface area contributed by atoms with E-state index in [0.717, 1.165) is 36.1 Å². The molecule has 1 aromatic rings. The molecule has 0 radical (unpaired) electrons. The van der Waals surface area contributed by atoms with Gasteiger partial charge in [0.15, 0.2) is 0 Å². The van der Waals surface area contributed by atoms with Gasteiger partial charge in [-0.05, 0) is 55.6 Å². The molecular weight excluding hydrogens is 348 g/mol. The van der Waals surface area contributed by atoms with Crippen LogP contribution in [-0.4, -0.2) is 30.8 Å². The van der Waals surface area contributed by atoms with Gasteiger partial charge in [-0.15, -0.1) is 0 Å². The van der Waals surface area contributed by atoms with E-state index in [-0.39, 0.29) is 12.1 Å². The average molecular weight is 372 g/mol. The van der Waals surface area contributed by atoms with Crippen LogP contribution in [0, 0.1) is 0 Å². The summed E-state index contributed by atoms with van der Waals surface area (Å²) in [5.41, 5.74) is 0.614. The van der Waals surface area contributed by atoms with Crippen LogP contribution in [0.15, 0.2) is 22.9 Å². The van der Waals surface area contributed by atoms with Gasteiger partial charge < -0.3 is 15.0 Å². The molecule has 6 nitrogen and oxygen atoms in total. The Morgan fingerprint density at radius 3 is 2.59 bits per heavy atom. The van der Waals surface area contributed by atoms with Crippen molar-refractivity contribution >= 4 is 27.7 Å². The first-order valence-electron chi connectivity index (χ1n) is 7.44. The molecule has 0 aliphatic carbocycles. The minimum atomic E-state index is -0.462. The van der Waals surface area contributed by atoms with Crippen molar-refractivity contribution in [3.63, 3.8) is 0 Å². The van der Waals surface area contributed by atoms with Crippen molar-refractivity contribution in [3.8, 4) is 0 Å². The Labute approximate surface area is 139 Å². The van der Waals surface area contributed by atoms with Crippen LogP contribution in [0.3, 0.4) is 0 Å². The molecule has 0 aromatic carbocycles. The molecular formula is C15H24BrN4O2+. The SMILES string of the molecule is CC(C)(C)OC(=O)NC1CCN(c2cc(Br)c[n+](N)c2)CC1. The lowest BCUT2D eigenvalue weighted by Gasteiger charge is -2.33.